The molecule has 0 saturated carbocycles. The molecule has 10 rings (SSSR count). The summed E-state index contributed by atoms with van der Waals surface area (Å²) in [4.78, 5) is 2.35. The Hall–Kier alpha value is -6.70. The molecule has 0 amide bonds. The molecule has 0 unspecified atom stereocenters. The van der Waals surface area contributed by atoms with Crippen LogP contribution in [0.3, 0.4) is 0 Å². The van der Waals surface area contributed by atoms with Gasteiger partial charge in [0, 0.05) is 16.8 Å². The van der Waals surface area contributed by atoms with Gasteiger partial charge < -0.3 is 4.90 Å². The highest BCUT2D eigenvalue weighted by Gasteiger charge is 2.17. The van der Waals surface area contributed by atoms with Crippen LogP contribution in [-0.4, -0.2) is 0 Å². The first-order chi connectivity index (χ1) is 25.8. The van der Waals surface area contributed by atoms with Crippen LogP contribution in [0.1, 0.15) is 11.1 Å². The minimum atomic E-state index is 0.942. The molecule has 0 atom stereocenters. The molecule has 0 heterocycles. The molecule has 10 aromatic carbocycles. The maximum absolute atomic E-state index is 2.37. The molecule has 0 bridgehead atoms. The highest BCUT2D eigenvalue weighted by atomic mass is 15.1. The van der Waals surface area contributed by atoms with E-state index in [4.69, 9.17) is 0 Å². The second-order valence-electron chi connectivity index (χ2n) is 13.8. The van der Waals surface area contributed by atoms with Crippen LogP contribution in [0.2, 0.25) is 0 Å². The molecular formula is C51H35N. The van der Waals surface area contributed by atoms with Crippen LogP contribution >= 0.6 is 0 Å². The molecule has 0 saturated heterocycles. The number of hydrogen-bond donors (Lipinski definition) is 0. The predicted octanol–water partition coefficient (Wildman–Crippen LogP) is 14.1. The molecule has 52 heavy (non-hydrogen) atoms. The molecule has 0 aromatic heterocycles. The van der Waals surface area contributed by atoms with Crippen LogP contribution in [0.5, 0.6) is 0 Å². The largest absolute Gasteiger partial charge is 0.310 e. The van der Waals surface area contributed by atoms with Crippen molar-refractivity contribution in [1.29, 1.82) is 0 Å². The number of para-hydroxylation sites is 2. The van der Waals surface area contributed by atoms with Gasteiger partial charge in [-0.05, 0) is 120 Å². The summed E-state index contributed by atoms with van der Waals surface area (Å²) in [6.07, 6.45) is 0.942. The Morgan fingerprint density at radius 3 is 1.38 bits per heavy atom. The summed E-state index contributed by atoms with van der Waals surface area (Å²) in [6, 6.07) is 73.1. The molecule has 10 aromatic rings. The van der Waals surface area contributed by atoms with Gasteiger partial charge in [-0.2, -0.15) is 0 Å². The zero-order chi connectivity index (χ0) is 34.4. The first-order valence-electron chi connectivity index (χ1n) is 18.1. The van der Waals surface area contributed by atoms with Gasteiger partial charge in [0.15, 0.2) is 0 Å². The SMILES string of the molecule is c1ccc(Cc2cc3ccc4cc(-c5ccc(-c6ccc(N(c7ccccc7)c7ccccc7)c7ccccc67)cc5)cc5ccc(c2)c3c45)cc1. The van der Waals surface area contributed by atoms with Crippen molar-refractivity contribution in [3.05, 3.63) is 211 Å². The van der Waals surface area contributed by atoms with Crippen LogP contribution in [0.4, 0.5) is 17.1 Å². The molecule has 0 fully saturated rings. The zero-order valence-electron chi connectivity index (χ0n) is 28.7. The minimum absolute atomic E-state index is 0.942. The molecule has 1 nitrogen and oxygen atoms in total. The van der Waals surface area contributed by atoms with Crippen molar-refractivity contribution in [2.24, 2.45) is 0 Å². The predicted molar refractivity (Wildman–Crippen MR) is 222 cm³/mol. The van der Waals surface area contributed by atoms with Gasteiger partial charge in [0.1, 0.15) is 0 Å². The van der Waals surface area contributed by atoms with Gasteiger partial charge in [-0.15, -0.1) is 0 Å². The number of anilines is 3. The zero-order valence-corrected chi connectivity index (χ0v) is 28.7. The molecule has 244 valence electrons. The molecule has 0 N–H and O–H groups in total. The fraction of sp³-hybridized carbons (Fsp3) is 0.0196. The van der Waals surface area contributed by atoms with Crippen molar-refractivity contribution in [3.8, 4) is 22.3 Å². The van der Waals surface area contributed by atoms with E-state index in [9.17, 15) is 0 Å². The molecule has 0 aliphatic heterocycles. The van der Waals surface area contributed by atoms with Gasteiger partial charge in [0.05, 0.1) is 5.69 Å². The Bertz CT molecular complexity index is 2730. The summed E-state index contributed by atoms with van der Waals surface area (Å²) in [7, 11) is 0. The third kappa shape index (κ3) is 5.27. The summed E-state index contributed by atoms with van der Waals surface area (Å²) in [6.45, 7) is 0. The van der Waals surface area contributed by atoms with E-state index >= 15 is 0 Å². The van der Waals surface area contributed by atoms with Crippen LogP contribution < -0.4 is 4.90 Å². The summed E-state index contributed by atoms with van der Waals surface area (Å²) >= 11 is 0. The molecule has 0 spiro atoms. The lowest BCUT2D eigenvalue weighted by Gasteiger charge is -2.27. The minimum Gasteiger partial charge on any atom is -0.310 e. The first-order valence-corrected chi connectivity index (χ1v) is 18.1. The number of benzene rings is 10. The van der Waals surface area contributed by atoms with E-state index in [1.54, 1.807) is 0 Å². The second kappa shape index (κ2) is 12.6. The maximum atomic E-state index is 2.37. The van der Waals surface area contributed by atoms with Crippen molar-refractivity contribution in [1.82, 2.24) is 0 Å². The van der Waals surface area contributed by atoms with Gasteiger partial charge in [-0.3, -0.25) is 0 Å². The monoisotopic (exact) mass is 661 g/mol. The highest BCUT2D eigenvalue weighted by molar-refractivity contribution is 6.24. The van der Waals surface area contributed by atoms with Crippen LogP contribution in [-0.2, 0) is 6.42 Å². The molecule has 0 aliphatic carbocycles. The van der Waals surface area contributed by atoms with Gasteiger partial charge in [-0.1, -0.05) is 158 Å². The molecule has 0 aliphatic rings. The van der Waals surface area contributed by atoms with Crippen molar-refractivity contribution < 1.29 is 0 Å². The topological polar surface area (TPSA) is 3.24 Å². The molecule has 1 heteroatoms. The Kier molecular flexibility index (Phi) is 7.29. The third-order valence-electron chi connectivity index (χ3n) is 10.5. The van der Waals surface area contributed by atoms with E-state index in [1.807, 2.05) is 0 Å². The lowest BCUT2D eigenvalue weighted by molar-refractivity contribution is 1.20. The van der Waals surface area contributed by atoms with Crippen molar-refractivity contribution in [2.45, 2.75) is 6.42 Å². The number of fused-ring (bicyclic) bond motifs is 1. The molecular weight excluding hydrogens is 627 g/mol. The van der Waals surface area contributed by atoms with Crippen LogP contribution in [0, 0.1) is 0 Å². The quantitative estimate of drug-likeness (QED) is 0.154. The lowest BCUT2D eigenvalue weighted by atomic mass is 9.89. The van der Waals surface area contributed by atoms with Crippen molar-refractivity contribution in [3.63, 3.8) is 0 Å². The summed E-state index contributed by atoms with van der Waals surface area (Å²) in [5.41, 5.74) is 11.0. The summed E-state index contributed by atoms with van der Waals surface area (Å²) in [5, 5.41) is 10.4. The number of nitrogens with zero attached hydrogens (tertiary/aromatic N) is 1. The standard InChI is InChI=1S/C51H35N/c1-4-12-35(13-5-1)30-36-31-39-24-26-41-33-43(34-42-27-25-40(32-36)50(39)51(41)42)37-20-22-38(23-21-37)46-28-29-49(48-19-11-10-18-47(46)48)52(44-14-6-2-7-15-44)45-16-8-3-9-17-45/h1-29,31-34H,30H2. The average molecular weight is 662 g/mol. The smallest absolute Gasteiger partial charge is 0.0540 e. The van der Waals surface area contributed by atoms with Gasteiger partial charge in [0.25, 0.3) is 0 Å². The Morgan fingerprint density at radius 2 is 0.808 bits per heavy atom. The average Bonchev–Trinajstić information content (AvgIpc) is 3.21. The molecule has 0 radical (unpaired) electrons. The van der Waals surface area contributed by atoms with E-state index in [0.717, 1.165) is 23.5 Å². The van der Waals surface area contributed by atoms with E-state index in [1.165, 1.54) is 76.5 Å². The van der Waals surface area contributed by atoms with Crippen LogP contribution in [0.25, 0.3) is 65.3 Å². The van der Waals surface area contributed by atoms with Crippen LogP contribution in [0.15, 0.2) is 200 Å². The fourth-order valence-electron chi connectivity index (χ4n) is 8.16. The summed E-state index contributed by atoms with van der Waals surface area (Å²) < 4.78 is 0. The number of rotatable bonds is 7. The Balaban J connectivity index is 1.01. The van der Waals surface area contributed by atoms with Crippen molar-refractivity contribution in [2.75, 3.05) is 4.90 Å². The summed E-state index contributed by atoms with van der Waals surface area (Å²) in [5.74, 6) is 0. The number of hydrogen-bond acceptors (Lipinski definition) is 1. The van der Waals surface area contributed by atoms with Gasteiger partial charge in [0.2, 0.25) is 0 Å². The third-order valence-corrected chi connectivity index (χ3v) is 10.5. The lowest BCUT2D eigenvalue weighted by Crippen LogP contribution is -2.10. The van der Waals surface area contributed by atoms with E-state index in [0.29, 0.717) is 0 Å². The van der Waals surface area contributed by atoms with Gasteiger partial charge in [-0.25, -0.2) is 0 Å². The highest BCUT2D eigenvalue weighted by Crippen LogP contribution is 2.43. The van der Waals surface area contributed by atoms with E-state index in [2.05, 4.69) is 205 Å². The van der Waals surface area contributed by atoms with Gasteiger partial charge >= 0.3 is 0 Å². The Labute approximate surface area is 304 Å². The van der Waals surface area contributed by atoms with E-state index in [-0.39, 0.29) is 0 Å². The van der Waals surface area contributed by atoms with Crippen molar-refractivity contribution >= 4 is 60.2 Å². The first kappa shape index (κ1) is 30.2. The fourth-order valence-corrected chi connectivity index (χ4v) is 8.16. The van der Waals surface area contributed by atoms with E-state index < -0.39 is 0 Å². The normalized spacial score (nSPS) is 11.5. The Morgan fingerprint density at radius 1 is 0.327 bits per heavy atom. The second-order valence-corrected chi connectivity index (χ2v) is 13.8. The maximum Gasteiger partial charge on any atom is 0.0540 e.